The van der Waals surface area contributed by atoms with Gasteiger partial charge in [0.05, 0.1) is 0 Å². The van der Waals surface area contributed by atoms with Crippen molar-refractivity contribution in [1.29, 1.82) is 0 Å². The molecule has 0 atom stereocenters. The Morgan fingerprint density at radius 3 is 2.56 bits per heavy atom. The first-order valence-electron chi connectivity index (χ1n) is 8.37. The lowest BCUT2D eigenvalue weighted by atomic mass is 10.00. The second kappa shape index (κ2) is 6.76. The highest BCUT2D eigenvalue weighted by Gasteiger charge is 2.20. The Morgan fingerprint density at radius 1 is 1.00 bits per heavy atom. The number of aryl methyl sites for hydroxylation is 1. The Balaban J connectivity index is 1.60. The van der Waals surface area contributed by atoms with E-state index >= 15 is 0 Å². The van der Waals surface area contributed by atoms with Crippen molar-refractivity contribution in [1.82, 2.24) is 9.97 Å². The molecule has 2 aromatic carbocycles. The summed E-state index contributed by atoms with van der Waals surface area (Å²) in [5.74, 6) is 0.833. The second-order valence-electron chi connectivity index (χ2n) is 6.27. The lowest BCUT2D eigenvalue weighted by molar-refractivity contribution is 0.718. The summed E-state index contributed by atoms with van der Waals surface area (Å²) in [6, 6.07) is 17.0. The van der Waals surface area contributed by atoms with Gasteiger partial charge in [0.15, 0.2) is 5.82 Å². The Kier molecular flexibility index (Phi) is 4.32. The summed E-state index contributed by atoms with van der Waals surface area (Å²) < 4.78 is 0. The average Bonchev–Trinajstić information content (AvgIpc) is 2.65. The molecule has 2 N–H and O–H groups in total. The van der Waals surface area contributed by atoms with Gasteiger partial charge in [-0.15, -0.1) is 0 Å². The highest BCUT2D eigenvalue weighted by atomic mass is 32.2. The largest absolute Gasteiger partial charge is 0.394 e. The first-order chi connectivity index (χ1) is 12.2. The van der Waals surface area contributed by atoms with Crippen molar-refractivity contribution >= 4 is 23.3 Å². The first kappa shape index (κ1) is 16.0. The minimum absolute atomic E-state index is 0.660. The van der Waals surface area contributed by atoms with E-state index in [2.05, 4.69) is 70.3 Å². The van der Waals surface area contributed by atoms with E-state index in [-0.39, 0.29) is 0 Å². The third kappa shape index (κ3) is 3.33. The quantitative estimate of drug-likeness (QED) is 0.723. The molecule has 1 aliphatic heterocycles. The minimum atomic E-state index is 0.660. The third-order valence-electron chi connectivity index (χ3n) is 4.49. The van der Waals surface area contributed by atoms with Gasteiger partial charge in [0.2, 0.25) is 0 Å². The molecule has 0 unspecified atom stereocenters. The van der Waals surface area contributed by atoms with E-state index in [0.29, 0.717) is 5.69 Å². The van der Waals surface area contributed by atoms with Crippen LogP contribution in [-0.2, 0) is 13.0 Å². The van der Waals surface area contributed by atoms with Gasteiger partial charge in [-0.2, -0.15) is 0 Å². The van der Waals surface area contributed by atoms with Crippen molar-refractivity contribution < 1.29 is 0 Å². The summed E-state index contributed by atoms with van der Waals surface area (Å²) in [6.45, 7) is 3.85. The van der Waals surface area contributed by atoms with Crippen molar-refractivity contribution in [3.05, 3.63) is 71.5 Å². The molecule has 0 aliphatic carbocycles. The van der Waals surface area contributed by atoms with E-state index in [0.717, 1.165) is 35.2 Å². The van der Waals surface area contributed by atoms with Crippen molar-refractivity contribution in [2.24, 2.45) is 0 Å². The fraction of sp³-hybridized carbons (Fsp3) is 0.200. The number of rotatable bonds is 3. The number of hydrogen-bond donors (Lipinski definition) is 1. The van der Waals surface area contributed by atoms with Gasteiger partial charge in [-0.1, -0.05) is 53.7 Å². The normalized spacial score (nSPS) is 13.6. The number of nitrogens with two attached hydrogens (primary N) is 1. The molecular formula is C20H20N4S. The molecule has 0 saturated heterocycles. The molecule has 3 aromatic rings. The van der Waals surface area contributed by atoms with Crippen LogP contribution in [-0.4, -0.2) is 16.5 Å². The molecule has 2 heterocycles. The van der Waals surface area contributed by atoms with E-state index in [1.165, 1.54) is 16.7 Å². The Labute approximate surface area is 152 Å². The van der Waals surface area contributed by atoms with Gasteiger partial charge >= 0.3 is 0 Å². The molecule has 0 saturated carbocycles. The zero-order valence-electron chi connectivity index (χ0n) is 14.1. The molecule has 0 amide bonds. The Hall–Kier alpha value is -2.53. The maximum absolute atomic E-state index is 6.42. The van der Waals surface area contributed by atoms with Crippen LogP contribution in [0.2, 0.25) is 0 Å². The summed E-state index contributed by atoms with van der Waals surface area (Å²) in [6.07, 6.45) is 2.63. The molecule has 1 aliphatic rings. The predicted octanol–water partition coefficient (Wildman–Crippen LogP) is 4.08. The molecule has 5 heteroatoms. The number of nitrogen functional groups attached to an aromatic ring is 1. The summed E-state index contributed by atoms with van der Waals surface area (Å²) >= 11 is 1.58. The van der Waals surface area contributed by atoms with Gasteiger partial charge in [-0.25, -0.2) is 9.97 Å². The molecule has 1 aromatic heterocycles. The molecule has 0 spiro atoms. The summed E-state index contributed by atoms with van der Waals surface area (Å²) in [7, 11) is 0. The van der Waals surface area contributed by atoms with Gasteiger partial charge in [-0.05, 0) is 36.6 Å². The molecule has 4 nitrogen and oxygen atoms in total. The van der Waals surface area contributed by atoms with Crippen LogP contribution in [0.3, 0.4) is 0 Å². The van der Waals surface area contributed by atoms with Gasteiger partial charge < -0.3 is 10.6 Å². The number of nitrogens with zero attached hydrogens (tertiary/aromatic N) is 3. The smallest absolute Gasteiger partial charge is 0.156 e. The lowest BCUT2D eigenvalue weighted by Gasteiger charge is -2.30. The molecular weight excluding hydrogens is 328 g/mol. The number of anilines is 2. The molecule has 0 bridgehead atoms. The van der Waals surface area contributed by atoms with E-state index in [9.17, 15) is 0 Å². The van der Waals surface area contributed by atoms with Crippen molar-refractivity contribution in [3.8, 4) is 0 Å². The maximum atomic E-state index is 6.42. The number of fused-ring (bicyclic) bond motifs is 1. The first-order valence-corrected chi connectivity index (χ1v) is 9.19. The van der Waals surface area contributed by atoms with Crippen LogP contribution in [0, 0.1) is 6.92 Å². The van der Waals surface area contributed by atoms with Crippen molar-refractivity contribution in [3.63, 3.8) is 0 Å². The van der Waals surface area contributed by atoms with Crippen LogP contribution in [0.25, 0.3) is 0 Å². The number of aromatic nitrogens is 2. The maximum Gasteiger partial charge on any atom is 0.156 e. The zero-order chi connectivity index (χ0) is 17.2. The highest BCUT2D eigenvalue weighted by Crippen LogP contribution is 2.35. The van der Waals surface area contributed by atoms with Gasteiger partial charge in [0, 0.05) is 18.0 Å². The summed E-state index contributed by atoms with van der Waals surface area (Å²) in [5.41, 5.74) is 11.1. The standard InChI is InChI=1S/C20H20N4S/c1-14-6-8-17(9-7-14)25-20-18(21)19(22-13-23-20)24-11-10-15-4-2-3-5-16(15)12-24/h2-9,13H,10-12,21H2,1H3. The van der Waals surface area contributed by atoms with Gasteiger partial charge in [0.25, 0.3) is 0 Å². The predicted molar refractivity (Wildman–Crippen MR) is 103 cm³/mol. The molecule has 0 fully saturated rings. The van der Waals surface area contributed by atoms with Crippen LogP contribution in [0.4, 0.5) is 11.5 Å². The third-order valence-corrected chi connectivity index (χ3v) is 5.52. The highest BCUT2D eigenvalue weighted by molar-refractivity contribution is 7.99. The minimum Gasteiger partial charge on any atom is -0.394 e. The van der Waals surface area contributed by atoms with E-state index in [1.807, 2.05) is 0 Å². The van der Waals surface area contributed by atoms with Gasteiger partial charge in [-0.3, -0.25) is 0 Å². The Bertz CT molecular complexity index is 892. The molecule has 25 heavy (non-hydrogen) atoms. The van der Waals surface area contributed by atoms with E-state index in [4.69, 9.17) is 5.73 Å². The van der Waals surface area contributed by atoms with Crippen LogP contribution in [0.1, 0.15) is 16.7 Å². The van der Waals surface area contributed by atoms with Crippen LogP contribution in [0.5, 0.6) is 0 Å². The van der Waals surface area contributed by atoms with Crippen molar-refractivity contribution in [2.45, 2.75) is 29.8 Å². The SMILES string of the molecule is Cc1ccc(Sc2ncnc(N3CCc4ccccc4C3)c2N)cc1. The summed E-state index contributed by atoms with van der Waals surface area (Å²) in [4.78, 5) is 12.2. The second-order valence-corrected chi connectivity index (χ2v) is 7.33. The van der Waals surface area contributed by atoms with E-state index in [1.54, 1.807) is 18.1 Å². The molecule has 0 radical (unpaired) electrons. The monoisotopic (exact) mass is 348 g/mol. The molecule has 126 valence electrons. The number of benzene rings is 2. The number of hydrogen-bond acceptors (Lipinski definition) is 5. The van der Waals surface area contributed by atoms with Crippen LogP contribution in [0.15, 0.2) is 64.8 Å². The summed E-state index contributed by atoms with van der Waals surface area (Å²) in [5, 5.41) is 0.813. The van der Waals surface area contributed by atoms with E-state index < -0.39 is 0 Å². The van der Waals surface area contributed by atoms with Crippen LogP contribution < -0.4 is 10.6 Å². The van der Waals surface area contributed by atoms with Crippen LogP contribution >= 0.6 is 11.8 Å². The van der Waals surface area contributed by atoms with Crippen molar-refractivity contribution in [2.75, 3.05) is 17.2 Å². The fourth-order valence-corrected chi connectivity index (χ4v) is 3.90. The topological polar surface area (TPSA) is 55.0 Å². The Morgan fingerprint density at radius 2 is 1.76 bits per heavy atom. The lowest BCUT2D eigenvalue weighted by Crippen LogP contribution is -2.31. The molecule has 4 rings (SSSR count). The fourth-order valence-electron chi connectivity index (χ4n) is 3.10. The van der Waals surface area contributed by atoms with Gasteiger partial charge in [0.1, 0.15) is 17.0 Å². The zero-order valence-corrected chi connectivity index (χ0v) is 15.0. The average molecular weight is 348 g/mol.